The van der Waals surface area contributed by atoms with Gasteiger partial charge in [0.05, 0.1) is 5.56 Å². The summed E-state index contributed by atoms with van der Waals surface area (Å²) in [6.45, 7) is -0.0364. The first-order valence-corrected chi connectivity index (χ1v) is 3.92. The molecule has 4 nitrogen and oxygen atoms in total. The molecule has 14 heavy (non-hydrogen) atoms. The van der Waals surface area contributed by atoms with Gasteiger partial charge in [-0.05, 0) is 18.2 Å². The van der Waals surface area contributed by atoms with Crippen LogP contribution in [-0.4, -0.2) is 24.1 Å². The van der Waals surface area contributed by atoms with Crippen LogP contribution in [-0.2, 0) is 4.74 Å². The molecule has 0 bridgehead atoms. The Balaban J connectivity index is 2.90. The molecule has 1 aromatic carbocycles. The number of rotatable bonds is 4. The van der Waals surface area contributed by atoms with Crippen LogP contribution in [0.3, 0.4) is 0 Å². The summed E-state index contributed by atoms with van der Waals surface area (Å²) in [5.74, 6) is -0.374. The van der Waals surface area contributed by atoms with Gasteiger partial charge in [-0.15, -0.1) is 0 Å². The van der Waals surface area contributed by atoms with Gasteiger partial charge in [0.15, 0.2) is 13.1 Å². The van der Waals surface area contributed by atoms with Crippen LogP contribution in [0, 0.1) is 5.82 Å². The minimum atomic E-state index is -1.77. The van der Waals surface area contributed by atoms with Crippen LogP contribution >= 0.6 is 0 Å². The lowest BCUT2D eigenvalue weighted by molar-refractivity contribution is -0.0464. The van der Waals surface area contributed by atoms with Crippen LogP contribution in [0.5, 0.6) is 5.75 Å². The molecule has 78 valence electrons. The van der Waals surface area contributed by atoms with Crippen molar-refractivity contribution in [2.45, 2.75) is 6.29 Å². The molecule has 0 amide bonds. The molecule has 0 fully saturated rings. The van der Waals surface area contributed by atoms with Crippen molar-refractivity contribution in [1.82, 2.24) is 0 Å². The molecule has 0 unspecified atom stereocenters. The Morgan fingerprint density at radius 1 is 1.43 bits per heavy atom. The van der Waals surface area contributed by atoms with Gasteiger partial charge < -0.3 is 19.7 Å². The highest BCUT2D eigenvalue weighted by molar-refractivity contribution is 5.34. The van der Waals surface area contributed by atoms with E-state index in [1.807, 2.05) is 0 Å². The van der Waals surface area contributed by atoms with Crippen molar-refractivity contribution in [3.8, 4) is 5.75 Å². The Morgan fingerprint density at radius 2 is 2.14 bits per heavy atom. The summed E-state index contributed by atoms with van der Waals surface area (Å²) in [6, 6.07) is 3.47. The van der Waals surface area contributed by atoms with E-state index < -0.39 is 12.1 Å². The second-order valence-electron chi connectivity index (χ2n) is 2.61. The molecule has 0 spiro atoms. The van der Waals surface area contributed by atoms with Crippen molar-refractivity contribution in [1.29, 1.82) is 0 Å². The van der Waals surface area contributed by atoms with Crippen LogP contribution in [0.1, 0.15) is 11.9 Å². The topological polar surface area (TPSA) is 58.9 Å². The molecule has 0 aliphatic heterocycles. The van der Waals surface area contributed by atoms with E-state index in [-0.39, 0.29) is 18.1 Å². The highest BCUT2D eigenvalue weighted by Gasteiger charge is 2.11. The maximum absolute atomic E-state index is 12.7. The van der Waals surface area contributed by atoms with Crippen molar-refractivity contribution in [3.05, 3.63) is 29.6 Å². The van der Waals surface area contributed by atoms with Gasteiger partial charge in [-0.2, -0.15) is 0 Å². The Morgan fingerprint density at radius 3 is 2.71 bits per heavy atom. The molecule has 0 saturated carbocycles. The summed E-state index contributed by atoms with van der Waals surface area (Å²) in [5, 5.41) is 17.8. The minimum absolute atomic E-state index is 0.0259. The maximum Gasteiger partial charge on any atom is 0.188 e. The number of halogens is 1. The zero-order chi connectivity index (χ0) is 10.6. The predicted molar refractivity (Wildman–Crippen MR) is 46.1 cm³/mol. The minimum Gasteiger partial charge on any atom is -0.467 e. The summed E-state index contributed by atoms with van der Waals surface area (Å²) in [4.78, 5) is 0. The molecule has 5 heteroatoms. The van der Waals surface area contributed by atoms with E-state index in [4.69, 9.17) is 14.9 Å². The molecule has 2 N–H and O–H groups in total. The lowest BCUT2D eigenvalue weighted by atomic mass is 10.2. The number of ether oxygens (including phenoxy) is 2. The van der Waals surface area contributed by atoms with E-state index in [2.05, 4.69) is 4.74 Å². The summed E-state index contributed by atoms with van der Waals surface area (Å²) in [5.41, 5.74) is -0.0259. The van der Waals surface area contributed by atoms with E-state index in [1.54, 1.807) is 0 Å². The zero-order valence-electron chi connectivity index (χ0n) is 7.61. The quantitative estimate of drug-likeness (QED) is 0.709. The summed E-state index contributed by atoms with van der Waals surface area (Å²) < 4.78 is 22.3. The summed E-state index contributed by atoms with van der Waals surface area (Å²) in [7, 11) is 1.43. The average molecular weight is 202 g/mol. The SMILES string of the molecule is COCOc1ccc(F)cc1C(O)O. The molecule has 0 radical (unpaired) electrons. The summed E-state index contributed by atoms with van der Waals surface area (Å²) in [6.07, 6.45) is -1.77. The fourth-order valence-electron chi connectivity index (χ4n) is 0.975. The van der Waals surface area contributed by atoms with E-state index >= 15 is 0 Å². The lowest BCUT2D eigenvalue weighted by Crippen LogP contribution is -2.05. The fraction of sp³-hybridized carbons (Fsp3) is 0.333. The van der Waals surface area contributed by atoms with Gasteiger partial charge in [-0.25, -0.2) is 4.39 Å². The van der Waals surface area contributed by atoms with Gasteiger partial charge >= 0.3 is 0 Å². The van der Waals surface area contributed by atoms with Gasteiger partial charge in [-0.3, -0.25) is 0 Å². The molecular formula is C9H11FO4. The first kappa shape index (κ1) is 10.9. The first-order valence-electron chi connectivity index (χ1n) is 3.92. The van der Waals surface area contributed by atoms with Gasteiger partial charge in [0.25, 0.3) is 0 Å². The normalized spacial score (nSPS) is 10.6. The van der Waals surface area contributed by atoms with E-state index in [0.717, 1.165) is 12.1 Å². The van der Waals surface area contributed by atoms with E-state index in [0.29, 0.717) is 0 Å². The third-order valence-electron chi connectivity index (χ3n) is 1.58. The predicted octanol–water partition coefficient (Wildman–Crippen LogP) is 0.792. The average Bonchev–Trinajstić information content (AvgIpc) is 2.15. The maximum atomic E-state index is 12.7. The summed E-state index contributed by atoms with van der Waals surface area (Å²) >= 11 is 0. The third kappa shape index (κ3) is 2.66. The Bertz CT molecular complexity index is 301. The van der Waals surface area contributed by atoms with Crippen molar-refractivity contribution in [2.24, 2.45) is 0 Å². The van der Waals surface area contributed by atoms with E-state index in [1.165, 1.54) is 13.2 Å². The number of benzene rings is 1. The molecule has 1 rings (SSSR count). The van der Waals surface area contributed by atoms with Gasteiger partial charge in [-0.1, -0.05) is 0 Å². The van der Waals surface area contributed by atoms with Crippen LogP contribution in [0.4, 0.5) is 4.39 Å². The fourth-order valence-corrected chi connectivity index (χ4v) is 0.975. The Kier molecular flexibility index (Phi) is 3.82. The van der Waals surface area contributed by atoms with Crippen molar-refractivity contribution >= 4 is 0 Å². The van der Waals surface area contributed by atoms with E-state index in [9.17, 15) is 4.39 Å². The smallest absolute Gasteiger partial charge is 0.188 e. The number of aliphatic hydroxyl groups excluding tert-OH is 1. The number of hydrogen-bond acceptors (Lipinski definition) is 4. The highest BCUT2D eigenvalue weighted by Crippen LogP contribution is 2.24. The van der Waals surface area contributed by atoms with Crippen molar-refractivity contribution < 1.29 is 24.1 Å². The van der Waals surface area contributed by atoms with Gasteiger partial charge in [0.2, 0.25) is 0 Å². The molecule has 0 atom stereocenters. The second kappa shape index (κ2) is 4.90. The van der Waals surface area contributed by atoms with Crippen LogP contribution in [0.15, 0.2) is 18.2 Å². The Hall–Kier alpha value is -1.17. The van der Waals surface area contributed by atoms with Gasteiger partial charge in [0.1, 0.15) is 11.6 Å². The zero-order valence-corrected chi connectivity index (χ0v) is 7.61. The number of aliphatic hydroxyl groups is 2. The monoisotopic (exact) mass is 202 g/mol. The molecule has 0 aliphatic carbocycles. The van der Waals surface area contributed by atoms with Crippen molar-refractivity contribution in [3.63, 3.8) is 0 Å². The van der Waals surface area contributed by atoms with Crippen LogP contribution in [0.2, 0.25) is 0 Å². The van der Waals surface area contributed by atoms with Gasteiger partial charge in [0, 0.05) is 7.11 Å². The third-order valence-corrected chi connectivity index (χ3v) is 1.58. The Labute approximate surface area is 80.5 Å². The molecule has 1 aromatic rings. The largest absolute Gasteiger partial charge is 0.467 e. The first-order chi connectivity index (χ1) is 6.65. The molecule has 0 aliphatic rings. The molecule has 0 aromatic heterocycles. The molecular weight excluding hydrogens is 191 g/mol. The second-order valence-corrected chi connectivity index (χ2v) is 2.61. The number of hydrogen-bond donors (Lipinski definition) is 2. The molecule has 0 heterocycles. The standard InChI is InChI=1S/C9H11FO4/c1-13-5-14-8-3-2-6(10)4-7(8)9(11)12/h2-4,9,11-12H,5H2,1H3. The van der Waals surface area contributed by atoms with Crippen LogP contribution in [0.25, 0.3) is 0 Å². The highest BCUT2D eigenvalue weighted by atomic mass is 19.1. The van der Waals surface area contributed by atoms with Crippen LogP contribution < -0.4 is 4.74 Å². The van der Waals surface area contributed by atoms with Crippen molar-refractivity contribution in [2.75, 3.05) is 13.9 Å². The number of methoxy groups -OCH3 is 1. The lowest BCUT2D eigenvalue weighted by Gasteiger charge is -2.11. The molecule has 0 saturated heterocycles.